The smallest absolute Gasteiger partial charge is 0.161 e. The fraction of sp³-hybridized carbons (Fsp3) is 0.200. The van der Waals surface area contributed by atoms with Crippen molar-refractivity contribution in [1.29, 1.82) is 0 Å². The third-order valence-electron chi connectivity index (χ3n) is 5.00. The van der Waals surface area contributed by atoms with E-state index in [9.17, 15) is 0 Å². The van der Waals surface area contributed by atoms with Gasteiger partial charge in [0.1, 0.15) is 0 Å². The molecular formula is C20H19N6P. The van der Waals surface area contributed by atoms with E-state index in [1.165, 1.54) is 11.3 Å². The number of rotatable bonds is 3. The molecule has 1 atom stereocenters. The van der Waals surface area contributed by atoms with Crippen LogP contribution in [0.25, 0.3) is 22.3 Å². The molecule has 7 heteroatoms. The van der Waals surface area contributed by atoms with E-state index in [1.807, 2.05) is 23.8 Å². The number of aryl methyl sites for hydroxylation is 1. The van der Waals surface area contributed by atoms with Gasteiger partial charge >= 0.3 is 0 Å². The lowest BCUT2D eigenvalue weighted by atomic mass is 10.1. The number of fused-ring (bicyclic) bond motifs is 2. The molecule has 0 bridgehead atoms. The average molecular weight is 374 g/mol. The van der Waals surface area contributed by atoms with Crippen LogP contribution in [0.15, 0.2) is 48.9 Å². The fourth-order valence-corrected chi connectivity index (χ4v) is 4.28. The van der Waals surface area contributed by atoms with E-state index in [4.69, 9.17) is 4.98 Å². The molecular weight excluding hydrogens is 355 g/mol. The zero-order chi connectivity index (χ0) is 18.4. The molecule has 6 nitrogen and oxygen atoms in total. The summed E-state index contributed by atoms with van der Waals surface area (Å²) in [5.41, 5.74) is 6.29. The number of hydrogen-bond acceptors (Lipinski definition) is 5. The summed E-state index contributed by atoms with van der Waals surface area (Å²) in [5, 5.41) is 5.64. The highest BCUT2D eigenvalue weighted by molar-refractivity contribution is 7.35. The van der Waals surface area contributed by atoms with Crippen LogP contribution >= 0.6 is 8.73 Å². The number of pyridine rings is 1. The maximum Gasteiger partial charge on any atom is 0.161 e. The summed E-state index contributed by atoms with van der Waals surface area (Å²) < 4.78 is 1.96. The van der Waals surface area contributed by atoms with Gasteiger partial charge in [0, 0.05) is 38.1 Å². The number of para-hydroxylation sites is 1. The fourth-order valence-electron chi connectivity index (χ4n) is 3.64. The molecule has 0 fully saturated rings. The molecule has 0 N–H and O–H groups in total. The predicted octanol–water partition coefficient (Wildman–Crippen LogP) is 3.96. The largest absolute Gasteiger partial charge is 0.324 e. The second kappa shape index (κ2) is 6.39. The van der Waals surface area contributed by atoms with E-state index in [1.54, 1.807) is 6.20 Å². The summed E-state index contributed by atoms with van der Waals surface area (Å²) in [5.74, 6) is 0.875. The minimum absolute atomic E-state index is 0.561. The Hall–Kier alpha value is -2.85. The third-order valence-corrected chi connectivity index (χ3v) is 5.74. The number of aromatic nitrogens is 5. The molecule has 0 saturated carbocycles. The van der Waals surface area contributed by atoms with Crippen LogP contribution < -0.4 is 4.90 Å². The summed E-state index contributed by atoms with van der Waals surface area (Å²) in [6, 6.07) is 10.6. The molecule has 4 aromatic rings. The summed E-state index contributed by atoms with van der Waals surface area (Å²) >= 11 is 0. The van der Waals surface area contributed by atoms with E-state index in [0.29, 0.717) is 8.73 Å². The van der Waals surface area contributed by atoms with Crippen molar-refractivity contribution in [2.24, 2.45) is 0 Å². The highest BCUT2D eigenvalue weighted by Crippen LogP contribution is 2.34. The Bertz CT molecular complexity index is 1150. The molecule has 0 spiro atoms. The Morgan fingerprint density at radius 3 is 2.89 bits per heavy atom. The number of benzene rings is 1. The zero-order valence-corrected chi connectivity index (χ0v) is 16.2. The molecule has 1 aromatic carbocycles. The van der Waals surface area contributed by atoms with Crippen molar-refractivity contribution in [3.63, 3.8) is 0 Å². The number of hydrogen-bond donors (Lipinski definition) is 0. The minimum atomic E-state index is 0.561. The molecule has 0 saturated heterocycles. The molecule has 134 valence electrons. The first-order valence-corrected chi connectivity index (χ1v) is 10.4. The van der Waals surface area contributed by atoms with Crippen molar-refractivity contribution >= 4 is 31.3 Å². The predicted molar refractivity (Wildman–Crippen MR) is 110 cm³/mol. The van der Waals surface area contributed by atoms with Crippen molar-refractivity contribution < 1.29 is 0 Å². The van der Waals surface area contributed by atoms with Gasteiger partial charge in [0.2, 0.25) is 0 Å². The highest BCUT2D eigenvalue weighted by atomic mass is 31.1. The van der Waals surface area contributed by atoms with Crippen LogP contribution in [0.4, 0.5) is 11.5 Å². The van der Waals surface area contributed by atoms with Crippen LogP contribution in [0.3, 0.4) is 0 Å². The van der Waals surface area contributed by atoms with Gasteiger partial charge in [-0.2, -0.15) is 5.10 Å². The van der Waals surface area contributed by atoms with Crippen molar-refractivity contribution in [1.82, 2.24) is 24.5 Å². The Morgan fingerprint density at radius 1 is 1.11 bits per heavy atom. The van der Waals surface area contributed by atoms with E-state index >= 15 is 0 Å². The molecule has 5 rings (SSSR count). The standard InChI is InChI=1S/C20H19N6P/c1-13-16-9-15(10-22-20(16)26(24-13)27-2)17-11-21-12-19(23-17)25-8-7-14-5-3-4-6-18(14)25/h3-6,9-12,27H,7-8H2,1-2H3. The van der Waals surface area contributed by atoms with Crippen molar-refractivity contribution in [2.45, 2.75) is 13.3 Å². The summed E-state index contributed by atoms with van der Waals surface area (Å²) in [6.45, 7) is 5.05. The van der Waals surface area contributed by atoms with E-state index in [-0.39, 0.29) is 0 Å². The summed E-state index contributed by atoms with van der Waals surface area (Å²) in [7, 11) is 0.561. The van der Waals surface area contributed by atoms with Crippen LogP contribution in [0.5, 0.6) is 0 Å². The van der Waals surface area contributed by atoms with Crippen LogP contribution in [0.2, 0.25) is 0 Å². The zero-order valence-electron chi connectivity index (χ0n) is 15.2. The molecule has 4 heterocycles. The molecule has 0 radical (unpaired) electrons. The number of anilines is 2. The second-order valence-corrected chi connectivity index (χ2v) is 7.48. The maximum absolute atomic E-state index is 4.89. The molecule has 1 unspecified atom stereocenters. The lowest BCUT2D eigenvalue weighted by molar-refractivity contribution is 0.965. The van der Waals surface area contributed by atoms with Gasteiger partial charge in [-0.1, -0.05) is 18.2 Å². The first-order valence-electron chi connectivity index (χ1n) is 8.95. The molecule has 3 aromatic heterocycles. The van der Waals surface area contributed by atoms with Crippen molar-refractivity contribution in [2.75, 3.05) is 18.1 Å². The Labute approximate surface area is 159 Å². The summed E-state index contributed by atoms with van der Waals surface area (Å²) in [4.78, 5) is 16.2. The van der Waals surface area contributed by atoms with Crippen molar-refractivity contribution in [3.8, 4) is 11.3 Å². The third kappa shape index (κ3) is 2.68. The van der Waals surface area contributed by atoms with Gasteiger partial charge in [0.05, 0.1) is 23.8 Å². The van der Waals surface area contributed by atoms with Gasteiger partial charge in [-0.25, -0.2) is 14.4 Å². The van der Waals surface area contributed by atoms with Gasteiger partial charge in [-0.15, -0.1) is 0 Å². The molecule has 0 amide bonds. The van der Waals surface area contributed by atoms with Crippen LogP contribution in [0.1, 0.15) is 11.3 Å². The Balaban J connectivity index is 1.57. The number of nitrogens with zero attached hydrogens (tertiary/aromatic N) is 6. The molecule has 1 aliphatic rings. The van der Waals surface area contributed by atoms with Gasteiger partial charge < -0.3 is 4.90 Å². The minimum Gasteiger partial charge on any atom is -0.324 e. The molecule has 0 aliphatic carbocycles. The van der Waals surface area contributed by atoms with Crippen molar-refractivity contribution in [3.05, 3.63) is 60.2 Å². The van der Waals surface area contributed by atoms with Crippen LogP contribution in [0, 0.1) is 6.92 Å². The summed E-state index contributed by atoms with van der Waals surface area (Å²) in [6.07, 6.45) is 6.53. The van der Waals surface area contributed by atoms with Gasteiger partial charge in [-0.05, 0) is 37.7 Å². The van der Waals surface area contributed by atoms with E-state index in [0.717, 1.165) is 46.8 Å². The first kappa shape index (κ1) is 16.3. The quantitative estimate of drug-likeness (QED) is 0.508. The maximum atomic E-state index is 4.89. The van der Waals surface area contributed by atoms with E-state index < -0.39 is 0 Å². The second-order valence-electron chi connectivity index (χ2n) is 6.61. The van der Waals surface area contributed by atoms with Gasteiger partial charge in [-0.3, -0.25) is 4.98 Å². The van der Waals surface area contributed by atoms with Crippen LogP contribution in [-0.4, -0.2) is 37.7 Å². The van der Waals surface area contributed by atoms with Crippen LogP contribution in [-0.2, 0) is 6.42 Å². The normalized spacial score (nSPS) is 13.8. The van der Waals surface area contributed by atoms with Gasteiger partial charge in [0.15, 0.2) is 11.5 Å². The SMILES string of the molecule is CPn1nc(C)c2cc(-c3cncc(N4CCc5ccccc54)n3)cnc21. The molecule has 1 aliphatic heterocycles. The first-order chi connectivity index (χ1) is 13.2. The monoisotopic (exact) mass is 374 g/mol. The topological polar surface area (TPSA) is 59.7 Å². The molecule has 27 heavy (non-hydrogen) atoms. The van der Waals surface area contributed by atoms with E-state index in [2.05, 4.69) is 57.0 Å². The Morgan fingerprint density at radius 2 is 2.00 bits per heavy atom. The Kier molecular flexibility index (Phi) is 3.87. The lowest BCUT2D eigenvalue weighted by Gasteiger charge is -2.18. The highest BCUT2D eigenvalue weighted by Gasteiger charge is 2.21. The lowest BCUT2D eigenvalue weighted by Crippen LogP contribution is -2.15. The van der Waals surface area contributed by atoms with Gasteiger partial charge in [0.25, 0.3) is 0 Å². The average Bonchev–Trinajstić information content (AvgIpc) is 3.29.